The number of hydrogen-bond acceptors (Lipinski definition) is 3. The van der Waals surface area contributed by atoms with Gasteiger partial charge < -0.3 is 15.8 Å². The predicted molar refractivity (Wildman–Crippen MR) is 63.7 cm³/mol. The van der Waals surface area contributed by atoms with E-state index in [1.165, 1.54) is 0 Å². The number of anilines is 2. The van der Waals surface area contributed by atoms with Gasteiger partial charge in [0.25, 0.3) is 5.91 Å². The Hall–Kier alpha value is -1.71. The van der Waals surface area contributed by atoms with Crippen molar-refractivity contribution in [2.24, 2.45) is 0 Å². The summed E-state index contributed by atoms with van der Waals surface area (Å²) >= 11 is 0. The van der Waals surface area contributed by atoms with Crippen molar-refractivity contribution in [1.82, 2.24) is 0 Å². The van der Waals surface area contributed by atoms with Gasteiger partial charge in [-0.15, -0.1) is 0 Å². The standard InChI is InChI=1S/C12H16N2O2/c1-6(2)8-4-9(13)11-10(5-8)14-12(15)7(3)16-11/h4-7H,13H2,1-3H3,(H,14,15). The average molecular weight is 220 g/mol. The maximum Gasteiger partial charge on any atom is 0.265 e. The van der Waals surface area contributed by atoms with E-state index in [0.29, 0.717) is 23.0 Å². The molecule has 4 nitrogen and oxygen atoms in total. The van der Waals surface area contributed by atoms with Crippen molar-refractivity contribution < 1.29 is 9.53 Å². The van der Waals surface area contributed by atoms with E-state index in [2.05, 4.69) is 19.2 Å². The molecule has 1 amide bonds. The summed E-state index contributed by atoms with van der Waals surface area (Å²) in [5, 5.41) is 2.80. The molecule has 0 aromatic heterocycles. The van der Waals surface area contributed by atoms with Gasteiger partial charge in [0.05, 0.1) is 11.4 Å². The van der Waals surface area contributed by atoms with E-state index < -0.39 is 6.10 Å². The third-order valence-electron chi connectivity index (χ3n) is 2.73. The van der Waals surface area contributed by atoms with Crippen LogP contribution in [0, 0.1) is 0 Å². The van der Waals surface area contributed by atoms with Crippen LogP contribution in [-0.4, -0.2) is 12.0 Å². The first-order valence-corrected chi connectivity index (χ1v) is 5.40. The largest absolute Gasteiger partial charge is 0.477 e. The zero-order chi connectivity index (χ0) is 11.9. The average Bonchev–Trinajstić information content (AvgIpc) is 2.20. The second kappa shape index (κ2) is 3.70. The Bertz CT molecular complexity index is 441. The highest BCUT2D eigenvalue weighted by Gasteiger charge is 2.25. The SMILES string of the molecule is CC1Oc2c(N)cc(C(C)C)cc2NC1=O. The van der Waals surface area contributed by atoms with Gasteiger partial charge in [-0.25, -0.2) is 0 Å². The third-order valence-corrected chi connectivity index (χ3v) is 2.73. The molecule has 1 aliphatic heterocycles. The van der Waals surface area contributed by atoms with Crippen LogP contribution in [0.4, 0.5) is 11.4 Å². The Balaban J connectivity index is 2.48. The molecule has 0 bridgehead atoms. The van der Waals surface area contributed by atoms with E-state index in [9.17, 15) is 4.79 Å². The first kappa shape index (κ1) is 10.8. The van der Waals surface area contributed by atoms with Crippen LogP contribution in [0.25, 0.3) is 0 Å². The Morgan fingerprint density at radius 2 is 2.12 bits per heavy atom. The Labute approximate surface area is 94.8 Å². The van der Waals surface area contributed by atoms with E-state index in [4.69, 9.17) is 10.5 Å². The van der Waals surface area contributed by atoms with Crippen LogP contribution < -0.4 is 15.8 Å². The number of hydrogen-bond donors (Lipinski definition) is 2. The molecule has 2 rings (SSSR count). The summed E-state index contributed by atoms with van der Waals surface area (Å²) in [4.78, 5) is 11.5. The summed E-state index contributed by atoms with van der Waals surface area (Å²) in [6, 6.07) is 3.81. The number of carbonyl (C=O) groups is 1. The summed E-state index contributed by atoms with van der Waals surface area (Å²) < 4.78 is 5.47. The van der Waals surface area contributed by atoms with Crippen LogP contribution in [0.1, 0.15) is 32.3 Å². The van der Waals surface area contributed by atoms with E-state index in [1.54, 1.807) is 6.92 Å². The zero-order valence-corrected chi connectivity index (χ0v) is 9.70. The summed E-state index contributed by atoms with van der Waals surface area (Å²) in [6.07, 6.45) is -0.486. The minimum atomic E-state index is -0.486. The molecule has 16 heavy (non-hydrogen) atoms. The molecule has 0 aliphatic carbocycles. The van der Waals surface area contributed by atoms with E-state index >= 15 is 0 Å². The first-order chi connectivity index (χ1) is 7.49. The first-order valence-electron chi connectivity index (χ1n) is 5.40. The lowest BCUT2D eigenvalue weighted by Gasteiger charge is -2.25. The van der Waals surface area contributed by atoms with Crippen LogP contribution in [0.3, 0.4) is 0 Å². The van der Waals surface area contributed by atoms with Gasteiger partial charge >= 0.3 is 0 Å². The number of nitrogen functional groups attached to an aromatic ring is 1. The maximum absolute atomic E-state index is 11.5. The normalized spacial score (nSPS) is 19.0. The van der Waals surface area contributed by atoms with Crippen LogP contribution in [-0.2, 0) is 4.79 Å². The van der Waals surface area contributed by atoms with Gasteiger partial charge in [0, 0.05) is 0 Å². The van der Waals surface area contributed by atoms with Gasteiger partial charge in [0.2, 0.25) is 0 Å². The van der Waals surface area contributed by atoms with Crippen molar-refractivity contribution >= 4 is 17.3 Å². The molecule has 0 saturated heterocycles. The lowest BCUT2D eigenvalue weighted by Crippen LogP contribution is -2.34. The van der Waals surface area contributed by atoms with Crippen molar-refractivity contribution in [3.05, 3.63) is 17.7 Å². The van der Waals surface area contributed by atoms with Crippen LogP contribution in [0.5, 0.6) is 5.75 Å². The third kappa shape index (κ3) is 1.71. The quantitative estimate of drug-likeness (QED) is 0.712. The molecule has 86 valence electrons. The fourth-order valence-corrected chi connectivity index (χ4v) is 1.70. The lowest BCUT2D eigenvalue weighted by molar-refractivity contribution is -0.122. The molecule has 0 saturated carbocycles. The van der Waals surface area contributed by atoms with E-state index in [-0.39, 0.29) is 5.91 Å². The van der Waals surface area contributed by atoms with E-state index in [1.807, 2.05) is 12.1 Å². The van der Waals surface area contributed by atoms with Crippen molar-refractivity contribution in [3.8, 4) is 5.75 Å². The number of nitrogens with one attached hydrogen (secondary N) is 1. The molecule has 1 heterocycles. The minimum Gasteiger partial charge on any atom is -0.477 e. The smallest absolute Gasteiger partial charge is 0.265 e. The molecule has 1 atom stereocenters. The van der Waals surface area contributed by atoms with Crippen LogP contribution >= 0.6 is 0 Å². The second-order valence-corrected chi connectivity index (χ2v) is 4.39. The number of carbonyl (C=O) groups excluding carboxylic acids is 1. The Morgan fingerprint density at radius 1 is 1.44 bits per heavy atom. The van der Waals surface area contributed by atoms with Crippen LogP contribution in [0.15, 0.2) is 12.1 Å². The highest BCUT2D eigenvalue weighted by molar-refractivity contribution is 5.99. The van der Waals surface area contributed by atoms with Gasteiger partial charge in [0.15, 0.2) is 11.9 Å². The van der Waals surface area contributed by atoms with Gasteiger partial charge in [-0.2, -0.15) is 0 Å². The molecule has 4 heteroatoms. The maximum atomic E-state index is 11.5. The monoisotopic (exact) mass is 220 g/mol. The molecule has 1 aliphatic rings. The molecular formula is C12H16N2O2. The number of amides is 1. The predicted octanol–water partition coefficient (Wildman–Crippen LogP) is 2.11. The topological polar surface area (TPSA) is 64.3 Å². The zero-order valence-electron chi connectivity index (χ0n) is 9.70. The van der Waals surface area contributed by atoms with Gasteiger partial charge in [-0.1, -0.05) is 13.8 Å². The summed E-state index contributed by atoms with van der Waals surface area (Å²) in [7, 11) is 0. The molecule has 0 fully saturated rings. The fraction of sp³-hybridized carbons (Fsp3) is 0.417. The van der Waals surface area contributed by atoms with Crippen LogP contribution in [0.2, 0.25) is 0 Å². The minimum absolute atomic E-state index is 0.132. The number of benzene rings is 1. The molecular weight excluding hydrogens is 204 g/mol. The Morgan fingerprint density at radius 3 is 2.75 bits per heavy atom. The Kier molecular flexibility index (Phi) is 2.50. The number of ether oxygens (including phenoxy) is 1. The number of rotatable bonds is 1. The lowest BCUT2D eigenvalue weighted by atomic mass is 10.0. The summed E-state index contributed by atoms with van der Waals surface area (Å²) in [5.74, 6) is 0.813. The van der Waals surface area contributed by atoms with E-state index in [0.717, 1.165) is 5.56 Å². The number of fused-ring (bicyclic) bond motifs is 1. The molecule has 0 radical (unpaired) electrons. The van der Waals surface area contributed by atoms with Gasteiger partial charge in [-0.05, 0) is 30.5 Å². The highest BCUT2D eigenvalue weighted by atomic mass is 16.5. The highest BCUT2D eigenvalue weighted by Crippen LogP contribution is 2.38. The molecule has 1 unspecified atom stereocenters. The number of nitrogens with two attached hydrogens (primary N) is 1. The molecule has 3 N–H and O–H groups in total. The second-order valence-electron chi connectivity index (χ2n) is 4.39. The van der Waals surface area contributed by atoms with Gasteiger partial charge in [0.1, 0.15) is 0 Å². The molecule has 1 aromatic rings. The van der Waals surface area contributed by atoms with Crippen molar-refractivity contribution in [2.75, 3.05) is 11.1 Å². The molecule has 0 spiro atoms. The van der Waals surface area contributed by atoms with Crippen molar-refractivity contribution in [1.29, 1.82) is 0 Å². The fourth-order valence-electron chi connectivity index (χ4n) is 1.70. The van der Waals surface area contributed by atoms with Crippen molar-refractivity contribution in [3.63, 3.8) is 0 Å². The van der Waals surface area contributed by atoms with Crippen molar-refractivity contribution in [2.45, 2.75) is 32.8 Å². The molecule has 1 aromatic carbocycles. The van der Waals surface area contributed by atoms with Gasteiger partial charge in [-0.3, -0.25) is 4.79 Å². The summed E-state index contributed by atoms with van der Waals surface area (Å²) in [5.41, 5.74) is 8.25. The summed E-state index contributed by atoms with van der Waals surface area (Å²) in [6.45, 7) is 5.86.